The summed E-state index contributed by atoms with van der Waals surface area (Å²) >= 11 is 0. The van der Waals surface area contributed by atoms with E-state index in [1.54, 1.807) is 0 Å². The van der Waals surface area contributed by atoms with Gasteiger partial charge in [-0.2, -0.15) is 0 Å². The van der Waals surface area contributed by atoms with Crippen molar-refractivity contribution >= 4 is 13.8 Å². The first-order valence-electron chi connectivity index (χ1n) is 4.51. The van der Waals surface area contributed by atoms with Gasteiger partial charge in [-0.15, -0.1) is 0 Å². The average molecular weight is 171 g/mol. The highest BCUT2D eigenvalue weighted by Gasteiger charge is 2.11. The highest BCUT2D eigenvalue weighted by molar-refractivity contribution is 6.76. The van der Waals surface area contributed by atoms with Gasteiger partial charge in [0.05, 0.1) is 8.07 Å². The molecule has 66 valence electrons. The minimum absolute atomic E-state index is 0.940. The summed E-state index contributed by atoms with van der Waals surface area (Å²) in [6, 6.07) is 0. The van der Waals surface area contributed by atoms with Crippen LogP contribution in [0.15, 0.2) is 4.99 Å². The number of hydrogen-bond donors (Lipinski definition) is 0. The molecule has 0 aliphatic rings. The molecule has 0 bridgehead atoms. The summed E-state index contributed by atoms with van der Waals surface area (Å²) in [5, 5.41) is 0. The monoisotopic (exact) mass is 171 g/mol. The molecule has 0 aromatic carbocycles. The fourth-order valence-corrected chi connectivity index (χ4v) is 1.52. The summed E-state index contributed by atoms with van der Waals surface area (Å²) in [5.74, 6) is 0. The molecule has 11 heavy (non-hydrogen) atoms. The molecule has 0 radical (unpaired) electrons. The van der Waals surface area contributed by atoms with Gasteiger partial charge in [-0.25, -0.2) is 0 Å². The van der Waals surface area contributed by atoms with Crippen molar-refractivity contribution in [1.29, 1.82) is 0 Å². The van der Waals surface area contributed by atoms with Gasteiger partial charge in [-0.05, 0) is 12.8 Å². The van der Waals surface area contributed by atoms with Crippen LogP contribution < -0.4 is 0 Å². The van der Waals surface area contributed by atoms with Gasteiger partial charge in [-0.1, -0.05) is 33.5 Å². The molecule has 0 saturated heterocycles. The van der Waals surface area contributed by atoms with Crippen molar-refractivity contribution in [2.45, 2.75) is 46.3 Å². The van der Waals surface area contributed by atoms with Crippen LogP contribution in [0.2, 0.25) is 19.6 Å². The van der Waals surface area contributed by atoms with Crippen molar-refractivity contribution in [3.63, 3.8) is 0 Å². The Hall–Kier alpha value is -0.113. The van der Waals surface area contributed by atoms with E-state index in [4.69, 9.17) is 0 Å². The smallest absolute Gasteiger partial charge is 0.0692 e. The van der Waals surface area contributed by atoms with Crippen molar-refractivity contribution in [1.82, 2.24) is 0 Å². The molecule has 0 N–H and O–H groups in total. The molecule has 0 saturated carbocycles. The molecule has 0 fully saturated rings. The Labute approximate surface area is 71.9 Å². The number of nitrogens with zero attached hydrogens (tertiary/aromatic N) is 1. The van der Waals surface area contributed by atoms with Gasteiger partial charge >= 0.3 is 0 Å². The standard InChI is InChI=1S/C9H21NSi/c1-6-9(7-2)10-8-11(3,4)5/h6-8H2,1-5H3. The Kier molecular flexibility index (Phi) is 4.65. The Morgan fingerprint density at radius 2 is 1.55 bits per heavy atom. The molecule has 0 aromatic heterocycles. The third-order valence-corrected chi connectivity index (χ3v) is 2.70. The van der Waals surface area contributed by atoms with E-state index in [1.807, 2.05) is 0 Å². The fourth-order valence-electron chi connectivity index (χ4n) is 0.823. The summed E-state index contributed by atoms with van der Waals surface area (Å²) in [6.07, 6.45) is 3.35. The molecule has 0 aromatic rings. The van der Waals surface area contributed by atoms with Crippen LogP contribution in [0.3, 0.4) is 0 Å². The van der Waals surface area contributed by atoms with E-state index >= 15 is 0 Å². The van der Waals surface area contributed by atoms with E-state index in [0.717, 1.165) is 19.0 Å². The lowest BCUT2D eigenvalue weighted by molar-refractivity contribution is 1.11. The minimum atomic E-state index is -0.940. The average Bonchev–Trinajstić information content (AvgIpc) is 1.88. The van der Waals surface area contributed by atoms with Crippen LogP contribution in [-0.2, 0) is 0 Å². The molecule has 2 heteroatoms. The van der Waals surface area contributed by atoms with Gasteiger partial charge in [0, 0.05) is 11.9 Å². The van der Waals surface area contributed by atoms with Crippen LogP contribution in [0, 0.1) is 0 Å². The van der Waals surface area contributed by atoms with Crippen molar-refractivity contribution in [2.75, 3.05) is 6.17 Å². The van der Waals surface area contributed by atoms with Crippen molar-refractivity contribution in [3.05, 3.63) is 0 Å². The number of rotatable bonds is 4. The van der Waals surface area contributed by atoms with Crippen LogP contribution in [-0.4, -0.2) is 20.0 Å². The highest BCUT2D eigenvalue weighted by Crippen LogP contribution is 2.02. The van der Waals surface area contributed by atoms with Crippen LogP contribution in [0.25, 0.3) is 0 Å². The van der Waals surface area contributed by atoms with Crippen LogP contribution >= 0.6 is 0 Å². The Morgan fingerprint density at radius 3 is 1.82 bits per heavy atom. The molecule has 1 nitrogen and oxygen atoms in total. The molecular formula is C9H21NSi. The molecule has 0 aliphatic heterocycles. The third-order valence-electron chi connectivity index (χ3n) is 1.59. The SMILES string of the molecule is CCC(CC)=NC[Si](C)(C)C. The molecule has 0 heterocycles. The van der Waals surface area contributed by atoms with E-state index in [1.165, 1.54) is 5.71 Å². The van der Waals surface area contributed by atoms with E-state index < -0.39 is 8.07 Å². The molecule has 0 atom stereocenters. The van der Waals surface area contributed by atoms with Gasteiger partial charge in [0.1, 0.15) is 0 Å². The van der Waals surface area contributed by atoms with Crippen molar-refractivity contribution in [2.24, 2.45) is 4.99 Å². The van der Waals surface area contributed by atoms with Gasteiger partial charge in [0.2, 0.25) is 0 Å². The second kappa shape index (κ2) is 4.70. The summed E-state index contributed by atoms with van der Waals surface area (Å²) in [5.41, 5.74) is 1.38. The zero-order valence-corrected chi connectivity index (χ0v) is 9.57. The van der Waals surface area contributed by atoms with Crippen LogP contribution in [0.5, 0.6) is 0 Å². The first-order chi connectivity index (χ1) is 4.99. The lowest BCUT2D eigenvalue weighted by Gasteiger charge is -2.12. The molecule has 0 amide bonds. The highest BCUT2D eigenvalue weighted by atomic mass is 28.3. The first-order valence-corrected chi connectivity index (χ1v) is 8.22. The Morgan fingerprint density at radius 1 is 1.09 bits per heavy atom. The van der Waals surface area contributed by atoms with Crippen LogP contribution in [0.4, 0.5) is 0 Å². The van der Waals surface area contributed by atoms with Gasteiger partial charge < -0.3 is 0 Å². The molecule has 0 spiro atoms. The molecule has 0 unspecified atom stereocenters. The maximum absolute atomic E-state index is 4.61. The zero-order valence-electron chi connectivity index (χ0n) is 8.57. The van der Waals surface area contributed by atoms with Crippen molar-refractivity contribution < 1.29 is 0 Å². The number of hydrogen-bond acceptors (Lipinski definition) is 1. The second-order valence-electron chi connectivity index (χ2n) is 4.15. The molecule has 0 rings (SSSR count). The van der Waals surface area contributed by atoms with Gasteiger partial charge in [0.25, 0.3) is 0 Å². The minimum Gasteiger partial charge on any atom is -0.297 e. The lowest BCUT2D eigenvalue weighted by Crippen LogP contribution is -2.25. The lowest BCUT2D eigenvalue weighted by atomic mass is 10.2. The predicted octanol–water partition coefficient (Wildman–Crippen LogP) is 3.12. The van der Waals surface area contributed by atoms with E-state index in [-0.39, 0.29) is 0 Å². The quantitative estimate of drug-likeness (QED) is 0.455. The number of aliphatic imine (C=N–C) groups is 1. The van der Waals surface area contributed by atoms with Gasteiger partial charge in [0.15, 0.2) is 0 Å². The maximum Gasteiger partial charge on any atom is 0.0692 e. The fraction of sp³-hybridized carbons (Fsp3) is 0.889. The zero-order chi connectivity index (χ0) is 8.91. The molecule has 0 aliphatic carbocycles. The summed E-state index contributed by atoms with van der Waals surface area (Å²) in [7, 11) is -0.940. The first kappa shape index (κ1) is 10.9. The van der Waals surface area contributed by atoms with Crippen LogP contribution in [0.1, 0.15) is 26.7 Å². The summed E-state index contributed by atoms with van der Waals surface area (Å²) in [4.78, 5) is 4.61. The third kappa shape index (κ3) is 6.29. The van der Waals surface area contributed by atoms with E-state index in [9.17, 15) is 0 Å². The predicted molar refractivity (Wildman–Crippen MR) is 56.2 cm³/mol. The summed E-state index contributed by atoms with van der Waals surface area (Å²) < 4.78 is 0. The molecular weight excluding hydrogens is 150 g/mol. The van der Waals surface area contributed by atoms with E-state index in [2.05, 4.69) is 38.5 Å². The Bertz CT molecular complexity index is 127. The van der Waals surface area contributed by atoms with Crippen molar-refractivity contribution in [3.8, 4) is 0 Å². The normalized spacial score (nSPS) is 11.4. The Balaban J connectivity index is 3.89. The topological polar surface area (TPSA) is 12.4 Å². The maximum atomic E-state index is 4.61. The summed E-state index contributed by atoms with van der Waals surface area (Å²) in [6.45, 7) is 11.5. The second-order valence-corrected chi connectivity index (χ2v) is 9.59. The van der Waals surface area contributed by atoms with E-state index in [0.29, 0.717) is 0 Å². The van der Waals surface area contributed by atoms with Gasteiger partial charge in [-0.3, -0.25) is 4.99 Å². The largest absolute Gasteiger partial charge is 0.297 e.